The van der Waals surface area contributed by atoms with Crippen LogP contribution in [-0.4, -0.2) is 31.5 Å². The number of hydrogen-bond acceptors (Lipinski definition) is 5. The number of aromatic nitrogens is 3. The predicted octanol–water partition coefficient (Wildman–Crippen LogP) is 3.62. The van der Waals surface area contributed by atoms with E-state index in [2.05, 4.69) is 5.10 Å². The zero-order valence-corrected chi connectivity index (χ0v) is 17.4. The van der Waals surface area contributed by atoms with Gasteiger partial charge in [-0.2, -0.15) is 13.5 Å². The van der Waals surface area contributed by atoms with Crippen LogP contribution in [0.3, 0.4) is 0 Å². The topological polar surface area (TPSA) is 95.6 Å². The first kappa shape index (κ1) is 22.9. The third kappa shape index (κ3) is 4.76. The number of aryl methyl sites for hydroxylation is 2. The second kappa shape index (κ2) is 9.16. The number of rotatable bonds is 8. The molecule has 1 atom stereocenters. The first-order chi connectivity index (χ1) is 15.1. The molecule has 1 aromatic heterocycles. The molecule has 32 heavy (non-hydrogen) atoms. The van der Waals surface area contributed by atoms with Crippen LogP contribution in [0.1, 0.15) is 30.4 Å². The number of carbonyl (C=O) groups is 1. The molecule has 170 valence electrons. The molecular weight excluding hydrogens is 431 g/mol. The van der Waals surface area contributed by atoms with Gasteiger partial charge < -0.3 is 14.6 Å². The number of benzene rings is 2. The number of carboxylic acids is 1. The fourth-order valence-electron chi connectivity index (χ4n) is 2.90. The summed E-state index contributed by atoms with van der Waals surface area (Å²) in [6, 6.07) is 8.69. The molecule has 3 aromatic rings. The van der Waals surface area contributed by atoms with Crippen molar-refractivity contribution in [1.82, 2.24) is 14.3 Å². The average molecular weight is 451 g/mol. The normalized spacial score (nSPS) is 12.1. The lowest BCUT2D eigenvalue weighted by atomic mass is 10.1. The summed E-state index contributed by atoms with van der Waals surface area (Å²) in [4.78, 5) is 23.2. The molecule has 0 spiro atoms. The van der Waals surface area contributed by atoms with E-state index < -0.39 is 30.1 Å². The number of halogens is 3. The van der Waals surface area contributed by atoms with Crippen molar-refractivity contribution in [3.8, 4) is 17.2 Å². The van der Waals surface area contributed by atoms with Crippen LogP contribution in [0.2, 0.25) is 0 Å². The molecule has 0 radical (unpaired) electrons. The van der Waals surface area contributed by atoms with Gasteiger partial charge in [-0.25, -0.2) is 18.5 Å². The van der Waals surface area contributed by atoms with Gasteiger partial charge in [-0.1, -0.05) is 12.1 Å². The minimum Gasteiger partial charge on any atom is -0.489 e. The number of ether oxygens (including phenoxy) is 2. The summed E-state index contributed by atoms with van der Waals surface area (Å²) >= 11 is 0. The van der Waals surface area contributed by atoms with Gasteiger partial charge in [0.05, 0.1) is 0 Å². The highest BCUT2D eigenvalue weighted by Gasteiger charge is 2.20. The Morgan fingerprint density at radius 1 is 1.19 bits per heavy atom. The first-order valence-corrected chi connectivity index (χ1v) is 9.46. The van der Waals surface area contributed by atoms with E-state index in [-0.39, 0.29) is 28.4 Å². The Labute approximate surface area is 180 Å². The van der Waals surface area contributed by atoms with E-state index in [4.69, 9.17) is 14.6 Å². The van der Waals surface area contributed by atoms with Gasteiger partial charge in [-0.3, -0.25) is 0 Å². The molecule has 0 aliphatic heterocycles. The van der Waals surface area contributed by atoms with Crippen LogP contribution in [0.25, 0.3) is 5.69 Å². The number of carboxylic acid groups (broad SMARTS) is 1. The quantitative estimate of drug-likeness (QED) is 0.562. The molecule has 0 aliphatic carbocycles. The number of hydrogen-bond donors (Lipinski definition) is 1. The van der Waals surface area contributed by atoms with Crippen LogP contribution in [0.15, 0.2) is 41.2 Å². The second-order valence-electron chi connectivity index (χ2n) is 7.00. The first-order valence-electron chi connectivity index (χ1n) is 9.46. The van der Waals surface area contributed by atoms with E-state index in [1.165, 1.54) is 26.0 Å². The maximum Gasteiger partial charge on any atom is 0.355 e. The molecule has 0 aliphatic rings. The van der Waals surface area contributed by atoms with E-state index in [9.17, 15) is 22.8 Å². The highest BCUT2D eigenvalue weighted by atomic mass is 19.3. The minimum atomic E-state index is -3.10. The average Bonchev–Trinajstić information content (AvgIpc) is 3.01. The SMILES string of the molecule is Cc1ccc(COc2ccc(-n3nc(C)n(C(F)F)c3=O)c(F)c2)c(OC(C)C(=O)O)c1. The molecule has 0 fully saturated rings. The van der Waals surface area contributed by atoms with Crippen LogP contribution in [-0.2, 0) is 11.4 Å². The number of aliphatic carboxylic acids is 1. The minimum absolute atomic E-state index is 0.0557. The van der Waals surface area contributed by atoms with Gasteiger partial charge in [-0.05, 0) is 44.5 Å². The molecule has 3 rings (SSSR count). The summed E-state index contributed by atoms with van der Waals surface area (Å²) in [5, 5.41) is 12.7. The standard InChI is InChI=1S/C21H20F3N3O5/c1-11-4-5-14(18(8-11)32-12(2)19(28)29)10-31-15-6-7-17(16(22)9-15)27-21(30)26(20(23)24)13(3)25-27/h4-9,12,20H,10H2,1-3H3,(H,28,29). The van der Waals surface area contributed by atoms with Gasteiger partial charge in [0.15, 0.2) is 11.9 Å². The Hall–Kier alpha value is -3.76. The van der Waals surface area contributed by atoms with Crippen molar-refractivity contribution in [2.75, 3.05) is 0 Å². The van der Waals surface area contributed by atoms with Crippen molar-refractivity contribution < 1.29 is 32.5 Å². The smallest absolute Gasteiger partial charge is 0.355 e. The highest BCUT2D eigenvalue weighted by molar-refractivity contribution is 5.72. The Morgan fingerprint density at radius 3 is 2.50 bits per heavy atom. The molecule has 0 saturated heterocycles. The van der Waals surface area contributed by atoms with E-state index in [1.54, 1.807) is 18.2 Å². The Bertz CT molecular complexity index is 1210. The summed E-state index contributed by atoms with van der Waals surface area (Å²) in [6.07, 6.45) is -1.08. The van der Waals surface area contributed by atoms with Gasteiger partial charge in [0.1, 0.15) is 29.6 Å². The molecular formula is C21H20F3N3O5. The lowest BCUT2D eigenvalue weighted by molar-refractivity contribution is -0.144. The van der Waals surface area contributed by atoms with Gasteiger partial charge in [0.2, 0.25) is 0 Å². The lowest BCUT2D eigenvalue weighted by Crippen LogP contribution is -2.25. The fraction of sp³-hybridized carbons (Fsp3) is 0.286. The molecule has 8 nitrogen and oxygen atoms in total. The summed E-state index contributed by atoms with van der Waals surface area (Å²) in [5.41, 5.74) is -0.0880. The largest absolute Gasteiger partial charge is 0.489 e. The van der Waals surface area contributed by atoms with E-state index >= 15 is 0 Å². The van der Waals surface area contributed by atoms with Gasteiger partial charge >= 0.3 is 18.2 Å². The second-order valence-corrected chi connectivity index (χ2v) is 7.00. The van der Waals surface area contributed by atoms with Crippen molar-refractivity contribution in [2.24, 2.45) is 0 Å². The maximum atomic E-state index is 14.6. The van der Waals surface area contributed by atoms with Crippen molar-refractivity contribution in [3.05, 3.63) is 69.7 Å². The Balaban J connectivity index is 1.82. The van der Waals surface area contributed by atoms with Crippen LogP contribution < -0.4 is 15.2 Å². The fourth-order valence-corrected chi connectivity index (χ4v) is 2.90. The highest BCUT2D eigenvalue weighted by Crippen LogP contribution is 2.25. The maximum absolute atomic E-state index is 14.6. The number of alkyl halides is 2. The predicted molar refractivity (Wildman–Crippen MR) is 107 cm³/mol. The third-order valence-electron chi connectivity index (χ3n) is 4.59. The molecule has 11 heteroatoms. The van der Waals surface area contributed by atoms with E-state index in [1.807, 2.05) is 6.92 Å². The van der Waals surface area contributed by atoms with E-state index in [0.29, 0.717) is 16.0 Å². The van der Waals surface area contributed by atoms with Gasteiger partial charge in [-0.15, -0.1) is 5.10 Å². The molecule has 1 heterocycles. The Morgan fingerprint density at radius 2 is 1.91 bits per heavy atom. The molecule has 0 amide bonds. The van der Waals surface area contributed by atoms with Crippen molar-refractivity contribution in [1.29, 1.82) is 0 Å². The third-order valence-corrected chi connectivity index (χ3v) is 4.59. The summed E-state index contributed by atoms with van der Waals surface area (Å²) in [5.74, 6) is -1.87. The Kier molecular flexibility index (Phi) is 6.56. The number of nitrogens with zero attached hydrogens (tertiary/aromatic N) is 3. The molecule has 1 N–H and O–H groups in total. The van der Waals surface area contributed by atoms with Crippen LogP contribution in [0.4, 0.5) is 13.2 Å². The zero-order chi connectivity index (χ0) is 23.6. The van der Waals surface area contributed by atoms with Crippen LogP contribution in [0.5, 0.6) is 11.5 Å². The van der Waals surface area contributed by atoms with Gasteiger partial charge in [0, 0.05) is 11.6 Å². The summed E-state index contributed by atoms with van der Waals surface area (Å²) in [7, 11) is 0. The van der Waals surface area contributed by atoms with E-state index in [0.717, 1.165) is 11.6 Å². The molecule has 1 unspecified atom stereocenters. The molecule has 0 saturated carbocycles. The van der Waals surface area contributed by atoms with Crippen molar-refractivity contribution in [2.45, 2.75) is 40.0 Å². The van der Waals surface area contributed by atoms with Gasteiger partial charge in [0.25, 0.3) is 0 Å². The monoisotopic (exact) mass is 451 g/mol. The van der Waals surface area contributed by atoms with Crippen molar-refractivity contribution >= 4 is 5.97 Å². The molecule has 0 bridgehead atoms. The summed E-state index contributed by atoms with van der Waals surface area (Å²) < 4.78 is 52.3. The van der Waals surface area contributed by atoms with Crippen molar-refractivity contribution in [3.63, 3.8) is 0 Å². The van der Waals surface area contributed by atoms with Crippen LogP contribution in [0, 0.1) is 19.7 Å². The zero-order valence-electron chi connectivity index (χ0n) is 17.4. The van der Waals surface area contributed by atoms with Crippen LogP contribution >= 0.6 is 0 Å². The summed E-state index contributed by atoms with van der Waals surface area (Å²) in [6.45, 7) is 1.26. The molecule has 2 aromatic carbocycles. The lowest BCUT2D eigenvalue weighted by Gasteiger charge is -2.16.